The van der Waals surface area contributed by atoms with Crippen molar-refractivity contribution in [2.45, 2.75) is 32.1 Å². The molecule has 0 spiro atoms. The summed E-state index contributed by atoms with van der Waals surface area (Å²) in [5, 5.41) is 7.09. The molecule has 0 bridgehead atoms. The first-order chi connectivity index (χ1) is 12.1. The number of amides is 2. The second kappa shape index (κ2) is 7.94. The summed E-state index contributed by atoms with van der Waals surface area (Å²) in [5.41, 5.74) is 0.986. The Balaban J connectivity index is 1.64. The lowest BCUT2D eigenvalue weighted by Gasteiger charge is -2.35. The van der Waals surface area contributed by atoms with Gasteiger partial charge in [-0.3, -0.25) is 14.3 Å². The Hall–Kier alpha value is -2.67. The van der Waals surface area contributed by atoms with E-state index >= 15 is 0 Å². The lowest BCUT2D eigenvalue weighted by molar-refractivity contribution is -0.155. The first-order valence-corrected chi connectivity index (χ1v) is 8.32. The monoisotopic (exact) mass is 342 g/mol. The molecule has 1 fully saturated rings. The summed E-state index contributed by atoms with van der Waals surface area (Å²) in [6.07, 6.45) is 3.54. The largest absolute Gasteiger partial charge is 0.369 e. The molecule has 7 heteroatoms. The Morgan fingerprint density at radius 1 is 1.36 bits per heavy atom. The maximum atomic E-state index is 12.7. The first-order valence-electron chi connectivity index (χ1n) is 8.32. The van der Waals surface area contributed by atoms with Crippen molar-refractivity contribution in [2.24, 2.45) is 0 Å². The number of rotatable bonds is 6. The van der Waals surface area contributed by atoms with Crippen LogP contribution in [0.25, 0.3) is 0 Å². The van der Waals surface area contributed by atoms with Crippen molar-refractivity contribution in [3.8, 4) is 0 Å². The lowest BCUT2D eigenvalue weighted by Crippen LogP contribution is -2.57. The highest BCUT2D eigenvalue weighted by atomic mass is 16.5. The van der Waals surface area contributed by atoms with Crippen LogP contribution in [0.3, 0.4) is 0 Å². The van der Waals surface area contributed by atoms with Gasteiger partial charge >= 0.3 is 0 Å². The molecule has 0 radical (unpaired) electrons. The molecule has 1 N–H and O–H groups in total. The summed E-state index contributed by atoms with van der Waals surface area (Å²) < 4.78 is 7.06. The van der Waals surface area contributed by atoms with Crippen molar-refractivity contribution in [1.29, 1.82) is 0 Å². The summed E-state index contributed by atoms with van der Waals surface area (Å²) in [4.78, 5) is 26.5. The summed E-state index contributed by atoms with van der Waals surface area (Å²) >= 11 is 0. The van der Waals surface area contributed by atoms with E-state index < -0.39 is 6.04 Å². The van der Waals surface area contributed by atoms with Crippen molar-refractivity contribution in [3.63, 3.8) is 0 Å². The number of ether oxygens (including phenoxy) is 1. The van der Waals surface area contributed by atoms with Crippen LogP contribution in [0.2, 0.25) is 0 Å². The molecule has 25 heavy (non-hydrogen) atoms. The minimum Gasteiger partial charge on any atom is -0.369 e. The molecule has 1 aliphatic rings. The fourth-order valence-corrected chi connectivity index (χ4v) is 2.87. The molecule has 0 aliphatic carbocycles. The molecule has 3 rings (SSSR count). The molecule has 2 heterocycles. The van der Waals surface area contributed by atoms with E-state index in [1.165, 1.54) is 0 Å². The predicted octanol–water partition coefficient (Wildman–Crippen LogP) is 0.815. The van der Waals surface area contributed by atoms with E-state index in [4.69, 9.17) is 4.74 Å². The fourth-order valence-electron chi connectivity index (χ4n) is 2.87. The molecule has 1 saturated heterocycles. The van der Waals surface area contributed by atoms with E-state index in [1.807, 2.05) is 49.5 Å². The van der Waals surface area contributed by atoms with Crippen LogP contribution >= 0.6 is 0 Å². The number of carbonyl (C=O) groups is 2. The molecule has 2 atom stereocenters. The van der Waals surface area contributed by atoms with Gasteiger partial charge in [-0.2, -0.15) is 5.10 Å². The molecule has 2 unspecified atom stereocenters. The van der Waals surface area contributed by atoms with E-state index in [9.17, 15) is 9.59 Å². The summed E-state index contributed by atoms with van der Waals surface area (Å²) in [6.45, 7) is 3.10. The Kier molecular flexibility index (Phi) is 5.45. The minimum atomic E-state index is -0.624. The standard InChI is InChI=1S/C18H22N4O3/c1-14(10-21-9-5-8-19-21)20-18(24)16-12-25-13-17(23)22(16)11-15-6-3-2-4-7-15/h2-9,14,16H,10-13H2,1H3,(H,20,24). The maximum absolute atomic E-state index is 12.7. The van der Waals surface area contributed by atoms with E-state index in [2.05, 4.69) is 10.4 Å². The van der Waals surface area contributed by atoms with Gasteiger partial charge in [0.05, 0.1) is 13.2 Å². The second-order valence-electron chi connectivity index (χ2n) is 6.18. The third kappa shape index (κ3) is 4.45. The van der Waals surface area contributed by atoms with Crippen molar-refractivity contribution in [1.82, 2.24) is 20.0 Å². The molecule has 7 nitrogen and oxygen atoms in total. The number of carbonyl (C=O) groups excluding carboxylic acids is 2. The van der Waals surface area contributed by atoms with Gasteiger partial charge in [0.25, 0.3) is 0 Å². The predicted molar refractivity (Wildman–Crippen MR) is 91.4 cm³/mol. The number of hydrogen-bond donors (Lipinski definition) is 1. The average molecular weight is 342 g/mol. The van der Waals surface area contributed by atoms with Crippen molar-refractivity contribution < 1.29 is 14.3 Å². The number of benzene rings is 1. The van der Waals surface area contributed by atoms with Crippen LogP contribution in [0, 0.1) is 0 Å². The molecule has 0 saturated carbocycles. The minimum absolute atomic E-state index is 0.0133. The highest BCUT2D eigenvalue weighted by molar-refractivity contribution is 5.89. The van der Waals surface area contributed by atoms with Gasteiger partial charge in [-0.05, 0) is 18.6 Å². The summed E-state index contributed by atoms with van der Waals surface area (Å²) in [6, 6.07) is 10.7. The highest BCUT2D eigenvalue weighted by Crippen LogP contribution is 2.14. The zero-order valence-corrected chi connectivity index (χ0v) is 14.2. The summed E-state index contributed by atoms with van der Waals surface area (Å²) in [7, 11) is 0. The topological polar surface area (TPSA) is 76.5 Å². The zero-order chi connectivity index (χ0) is 17.6. The SMILES string of the molecule is CC(Cn1cccn1)NC(=O)C1COCC(=O)N1Cc1ccccc1. The second-order valence-corrected chi connectivity index (χ2v) is 6.18. The van der Waals surface area contributed by atoms with Crippen LogP contribution in [0.1, 0.15) is 12.5 Å². The van der Waals surface area contributed by atoms with Crippen LogP contribution in [0.15, 0.2) is 48.8 Å². The van der Waals surface area contributed by atoms with Gasteiger partial charge in [0.1, 0.15) is 12.6 Å². The molecule has 132 valence electrons. The third-order valence-electron chi connectivity index (χ3n) is 4.10. The van der Waals surface area contributed by atoms with Gasteiger partial charge in [0, 0.05) is 25.0 Å². The number of nitrogens with one attached hydrogen (secondary N) is 1. The van der Waals surface area contributed by atoms with Crippen LogP contribution in [0.5, 0.6) is 0 Å². The van der Waals surface area contributed by atoms with Gasteiger partial charge in [-0.15, -0.1) is 0 Å². The van der Waals surface area contributed by atoms with Crippen LogP contribution in [-0.2, 0) is 27.4 Å². The molecule has 1 aliphatic heterocycles. The van der Waals surface area contributed by atoms with Crippen molar-refractivity contribution in [2.75, 3.05) is 13.2 Å². The first kappa shape index (κ1) is 17.2. The Morgan fingerprint density at radius 3 is 2.88 bits per heavy atom. The average Bonchev–Trinajstić information content (AvgIpc) is 3.10. The Bertz CT molecular complexity index is 702. The van der Waals surface area contributed by atoms with Gasteiger partial charge in [-0.1, -0.05) is 30.3 Å². The molecule has 1 aromatic carbocycles. The fraction of sp³-hybridized carbons (Fsp3) is 0.389. The molecule has 2 aromatic rings. The van der Waals surface area contributed by atoms with Gasteiger partial charge < -0.3 is 15.0 Å². The smallest absolute Gasteiger partial charge is 0.249 e. The number of aromatic nitrogens is 2. The summed E-state index contributed by atoms with van der Waals surface area (Å²) in [5.74, 6) is -0.376. The van der Waals surface area contributed by atoms with E-state index in [-0.39, 0.29) is 31.1 Å². The zero-order valence-electron chi connectivity index (χ0n) is 14.2. The lowest BCUT2D eigenvalue weighted by atomic mass is 10.1. The number of hydrogen-bond acceptors (Lipinski definition) is 4. The highest BCUT2D eigenvalue weighted by Gasteiger charge is 2.34. The van der Waals surface area contributed by atoms with Crippen molar-refractivity contribution >= 4 is 11.8 Å². The quantitative estimate of drug-likeness (QED) is 0.843. The molecular weight excluding hydrogens is 320 g/mol. The van der Waals surface area contributed by atoms with Crippen LogP contribution < -0.4 is 5.32 Å². The molecule has 2 amide bonds. The number of nitrogens with zero attached hydrogens (tertiary/aromatic N) is 3. The van der Waals surface area contributed by atoms with Gasteiger partial charge in [-0.25, -0.2) is 0 Å². The molecule has 1 aromatic heterocycles. The Morgan fingerprint density at radius 2 is 2.16 bits per heavy atom. The third-order valence-corrected chi connectivity index (χ3v) is 4.10. The van der Waals surface area contributed by atoms with Crippen LogP contribution in [-0.4, -0.2) is 51.8 Å². The number of morpholine rings is 1. The van der Waals surface area contributed by atoms with Crippen molar-refractivity contribution in [3.05, 3.63) is 54.4 Å². The van der Waals surface area contributed by atoms with Gasteiger partial charge in [0.15, 0.2) is 0 Å². The van der Waals surface area contributed by atoms with Crippen LogP contribution in [0.4, 0.5) is 0 Å². The van der Waals surface area contributed by atoms with Gasteiger partial charge in [0.2, 0.25) is 11.8 Å². The van der Waals surface area contributed by atoms with E-state index in [0.717, 1.165) is 5.56 Å². The Labute approximate surface area is 146 Å². The maximum Gasteiger partial charge on any atom is 0.249 e. The van der Waals surface area contributed by atoms with E-state index in [1.54, 1.807) is 15.8 Å². The van der Waals surface area contributed by atoms with E-state index in [0.29, 0.717) is 13.1 Å². The molecular formula is C18H22N4O3. The normalized spacial score (nSPS) is 18.8.